The lowest BCUT2D eigenvalue weighted by Crippen LogP contribution is -2.45. The number of esters is 2. The largest absolute Gasteiger partial charge is 0.466 e. The van der Waals surface area contributed by atoms with Gasteiger partial charge >= 0.3 is 11.9 Å². The van der Waals surface area contributed by atoms with E-state index < -0.39 is 11.9 Å². The van der Waals surface area contributed by atoms with Gasteiger partial charge in [0.25, 0.3) is 5.69 Å². The number of ether oxygens (including phenoxy) is 2. The zero-order chi connectivity index (χ0) is 10.6. The van der Waals surface area contributed by atoms with Crippen molar-refractivity contribution in [2.45, 2.75) is 6.54 Å². The second-order valence-corrected chi connectivity index (χ2v) is 2.40. The fourth-order valence-corrected chi connectivity index (χ4v) is 0.865. The number of hydrogen-bond donors (Lipinski definition) is 1. The Balaban J connectivity index is 2.82. The Hall–Kier alpha value is -1.92. The summed E-state index contributed by atoms with van der Waals surface area (Å²) in [6.07, 6.45) is 1.27. The average molecular weight is 200 g/mol. The summed E-state index contributed by atoms with van der Waals surface area (Å²) in [4.78, 5) is 22.0. The number of methoxy groups -OCH3 is 2. The van der Waals surface area contributed by atoms with Gasteiger partial charge in [0.1, 0.15) is 0 Å². The first-order chi connectivity index (χ1) is 6.69. The number of aromatic nitrogens is 3. The molecule has 0 bridgehead atoms. The van der Waals surface area contributed by atoms with Gasteiger partial charge in [-0.3, -0.25) is 0 Å². The lowest BCUT2D eigenvalue weighted by Gasteiger charge is -1.97. The van der Waals surface area contributed by atoms with E-state index in [0.717, 1.165) is 0 Å². The van der Waals surface area contributed by atoms with Gasteiger partial charge in [-0.15, -0.1) is 4.68 Å². The Morgan fingerprint density at radius 3 is 2.79 bits per heavy atom. The topological polar surface area (TPSA) is 85.2 Å². The van der Waals surface area contributed by atoms with Crippen LogP contribution < -0.4 is 4.68 Å². The molecule has 0 unspecified atom stereocenters. The molecule has 1 heterocycles. The van der Waals surface area contributed by atoms with Crippen LogP contribution in [-0.2, 0) is 20.8 Å². The molecule has 0 aliphatic rings. The zero-order valence-electron chi connectivity index (χ0n) is 7.81. The molecule has 1 rings (SSSR count). The maximum atomic E-state index is 11.1. The minimum atomic E-state index is -0.567. The SMILES string of the molecule is COC(=O)C[n+]1[nH]ncc1C(=O)OC. The Morgan fingerprint density at radius 2 is 2.21 bits per heavy atom. The summed E-state index contributed by atoms with van der Waals surface area (Å²) in [5.74, 6) is -1.05. The van der Waals surface area contributed by atoms with E-state index in [1.165, 1.54) is 25.1 Å². The van der Waals surface area contributed by atoms with E-state index in [1.54, 1.807) is 0 Å². The van der Waals surface area contributed by atoms with Crippen molar-refractivity contribution in [1.29, 1.82) is 0 Å². The first-order valence-corrected chi connectivity index (χ1v) is 3.77. The van der Waals surface area contributed by atoms with Crippen LogP contribution in [0.4, 0.5) is 0 Å². The lowest BCUT2D eigenvalue weighted by molar-refractivity contribution is -0.745. The molecule has 0 saturated heterocycles. The van der Waals surface area contributed by atoms with Crippen molar-refractivity contribution in [3.63, 3.8) is 0 Å². The molecule has 1 aromatic rings. The average Bonchev–Trinajstić information content (AvgIpc) is 2.64. The standard InChI is InChI=1S/C7H9N3O4/c1-13-6(11)4-10-5(3-8-9-10)7(12)14-2/h3H,4H2,1-2H3/p+1. The van der Waals surface area contributed by atoms with Gasteiger partial charge in [0.05, 0.1) is 14.2 Å². The van der Waals surface area contributed by atoms with Gasteiger partial charge in [-0.1, -0.05) is 5.21 Å². The minimum absolute atomic E-state index is 0.110. The number of carbonyl (C=O) groups excluding carboxylic acids is 2. The second kappa shape index (κ2) is 4.35. The predicted octanol–water partition coefficient (Wildman–Crippen LogP) is -1.34. The van der Waals surface area contributed by atoms with E-state index in [0.29, 0.717) is 0 Å². The Bertz CT molecular complexity index is 346. The van der Waals surface area contributed by atoms with Gasteiger partial charge in [0.2, 0.25) is 12.7 Å². The summed E-state index contributed by atoms with van der Waals surface area (Å²) in [6.45, 7) is -0.110. The third-order valence-corrected chi connectivity index (χ3v) is 1.57. The van der Waals surface area contributed by atoms with Crippen LogP contribution >= 0.6 is 0 Å². The van der Waals surface area contributed by atoms with Gasteiger partial charge < -0.3 is 9.47 Å². The molecule has 0 spiro atoms. The molecule has 0 amide bonds. The predicted molar refractivity (Wildman–Crippen MR) is 42.1 cm³/mol. The Labute approximate surface area is 79.6 Å². The van der Waals surface area contributed by atoms with Gasteiger partial charge in [-0.25, -0.2) is 9.59 Å². The molecular formula is C7H10N3O4+. The molecule has 0 radical (unpaired) electrons. The highest BCUT2D eigenvalue weighted by atomic mass is 16.5. The van der Waals surface area contributed by atoms with Crippen molar-refractivity contribution >= 4 is 11.9 Å². The first kappa shape index (κ1) is 10.2. The van der Waals surface area contributed by atoms with Gasteiger partial charge in [0.15, 0.2) is 0 Å². The molecule has 7 heteroatoms. The van der Waals surface area contributed by atoms with Gasteiger partial charge in [0, 0.05) is 5.10 Å². The molecule has 0 fully saturated rings. The molecule has 1 aromatic heterocycles. The number of aromatic amines is 1. The number of nitrogens with zero attached hydrogens (tertiary/aromatic N) is 2. The second-order valence-electron chi connectivity index (χ2n) is 2.40. The van der Waals surface area contributed by atoms with Crippen molar-refractivity contribution in [3.8, 4) is 0 Å². The third-order valence-electron chi connectivity index (χ3n) is 1.57. The van der Waals surface area contributed by atoms with E-state index in [2.05, 4.69) is 19.8 Å². The molecular weight excluding hydrogens is 190 g/mol. The Morgan fingerprint density at radius 1 is 1.50 bits per heavy atom. The zero-order valence-corrected chi connectivity index (χ0v) is 7.81. The normalized spacial score (nSPS) is 9.57. The summed E-state index contributed by atoms with van der Waals surface area (Å²) in [7, 11) is 2.51. The van der Waals surface area contributed by atoms with Gasteiger partial charge in [-0.2, -0.15) is 0 Å². The molecule has 7 nitrogen and oxygen atoms in total. The lowest BCUT2D eigenvalue weighted by atomic mass is 10.4. The van der Waals surface area contributed by atoms with Crippen LogP contribution in [0.3, 0.4) is 0 Å². The number of rotatable bonds is 3. The van der Waals surface area contributed by atoms with Crippen LogP contribution in [0.25, 0.3) is 0 Å². The van der Waals surface area contributed by atoms with Crippen molar-refractivity contribution in [3.05, 3.63) is 11.9 Å². The maximum Gasteiger partial charge on any atom is 0.384 e. The van der Waals surface area contributed by atoms with Crippen LogP contribution in [0.1, 0.15) is 10.5 Å². The van der Waals surface area contributed by atoms with Crippen molar-refractivity contribution in [2.24, 2.45) is 0 Å². The summed E-state index contributed by atoms with van der Waals surface area (Å²) < 4.78 is 10.1. The summed E-state index contributed by atoms with van der Waals surface area (Å²) in [5.41, 5.74) is 0.165. The van der Waals surface area contributed by atoms with Crippen LogP contribution in [0, 0.1) is 0 Å². The first-order valence-electron chi connectivity index (χ1n) is 3.77. The van der Waals surface area contributed by atoms with Crippen LogP contribution in [0.2, 0.25) is 0 Å². The number of nitrogens with one attached hydrogen (secondary N) is 1. The van der Waals surface area contributed by atoms with Crippen LogP contribution in [-0.4, -0.2) is 36.5 Å². The minimum Gasteiger partial charge on any atom is -0.466 e. The van der Waals surface area contributed by atoms with E-state index >= 15 is 0 Å². The third kappa shape index (κ3) is 2.06. The highest BCUT2D eigenvalue weighted by Gasteiger charge is 2.22. The molecule has 1 N–H and O–H groups in total. The van der Waals surface area contributed by atoms with E-state index in [4.69, 9.17) is 0 Å². The number of hydrogen-bond acceptors (Lipinski definition) is 5. The number of carbonyl (C=O) groups is 2. The van der Waals surface area contributed by atoms with Crippen LogP contribution in [0.5, 0.6) is 0 Å². The van der Waals surface area contributed by atoms with Crippen molar-refractivity contribution in [1.82, 2.24) is 10.3 Å². The highest BCUT2D eigenvalue weighted by Crippen LogP contribution is 1.90. The summed E-state index contributed by atoms with van der Waals surface area (Å²) in [6, 6.07) is 0. The van der Waals surface area contributed by atoms with E-state index in [9.17, 15) is 9.59 Å². The highest BCUT2D eigenvalue weighted by molar-refractivity contribution is 5.85. The van der Waals surface area contributed by atoms with E-state index in [1.807, 2.05) is 0 Å². The molecule has 0 aliphatic heterocycles. The molecule has 0 atom stereocenters. The van der Waals surface area contributed by atoms with Gasteiger partial charge in [-0.05, 0) is 0 Å². The molecule has 0 aromatic carbocycles. The summed E-state index contributed by atoms with van der Waals surface area (Å²) in [5, 5.41) is 6.06. The molecule has 76 valence electrons. The molecule has 14 heavy (non-hydrogen) atoms. The summed E-state index contributed by atoms with van der Waals surface area (Å²) >= 11 is 0. The fourth-order valence-electron chi connectivity index (χ4n) is 0.865. The molecule has 0 saturated carbocycles. The van der Waals surface area contributed by atoms with E-state index in [-0.39, 0.29) is 12.2 Å². The van der Waals surface area contributed by atoms with Crippen molar-refractivity contribution < 1.29 is 23.7 Å². The maximum absolute atomic E-state index is 11.1. The smallest absolute Gasteiger partial charge is 0.384 e. The molecule has 0 aliphatic carbocycles. The van der Waals surface area contributed by atoms with Crippen LogP contribution in [0.15, 0.2) is 6.20 Å². The fraction of sp³-hybridized carbons (Fsp3) is 0.429. The quantitative estimate of drug-likeness (QED) is 0.482. The Kier molecular flexibility index (Phi) is 3.16. The number of H-pyrrole nitrogens is 1. The van der Waals surface area contributed by atoms with Crippen molar-refractivity contribution in [2.75, 3.05) is 14.2 Å². The monoisotopic (exact) mass is 200 g/mol.